The molecule has 2 aromatic heterocycles. The number of unbranched alkanes of at least 4 members (excludes halogenated alkanes) is 5. The van der Waals surface area contributed by atoms with Crippen LogP contribution in [-0.4, -0.2) is 61.9 Å². The van der Waals surface area contributed by atoms with Gasteiger partial charge in [-0.15, -0.1) is 25.2 Å². The van der Waals surface area contributed by atoms with E-state index in [1.807, 2.05) is 0 Å². The Morgan fingerprint density at radius 3 is 2.11 bits per heavy atom. The van der Waals surface area contributed by atoms with Gasteiger partial charge in [0.2, 0.25) is 5.75 Å². The molecule has 0 aliphatic carbocycles. The normalized spacial score (nSPS) is 11.2. The maximum absolute atomic E-state index is 13.1. The number of benzene rings is 4. The molecule has 0 atom stereocenters. The number of carbonyl (C=O) groups is 1. The predicted molar refractivity (Wildman–Crippen MR) is 176 cm³/mol. The van der Waals surface area contributed by atoms with Crippen molar-refractivity contribution < 1.29 is 28.8 Å². The number of rotatable bonds is 14. The molecule has 6 rings (SSSR count). The number of nitrogens with zero attached hydrogens (tertiary/aromatic N) is 6. The van der Waals surface area contributed by atoms with Crippen LogP contribution in [0, 0.1) is 0 Å². The average molecular weight is 637 g/mol. The molecule has 0 amide bonds. The van der Waals surface area contributed by atoms with E-state index in [0.717, 1.165) is 12.8 Å². The number of hydrogen-bond acceptors (Lipinski definition) is 10. The molecule has 0 unspecified atom stereocenters. The third kappa shape index (κ3) is 6.96. The van der Waals surface area contributed by atoms with Gasteiger partial charge in [-0.25, -0.2) is 4.79 Å². The van der Waals surface area contributed by atoms with Crippen molar-refractivity contribution in [3.63, 3.8) is 0 Å². The molecule has 0 saturated heterocycles. The molecule has 2 heterocycles. The third-order valence-electron chi connectivity index (χ3n) is 7.70. The number of phenols is 1. The summed E-state index contributed by atoms with van der Waals surface area (Å²) in [5.74, 6) is 1.34. The van der Waals surface area contributed by atoms with Gasteiger partial charge in [-0.2, -0.15) is 4.80 Å². The highest BCUT2D eigenvalue weighted by molar-refractivity contribution is 5.95. The van der Waals surface area contributed by atoms with E-state index < -0.39 is 5.97 Å². The number of esters is 1. The summed E-state index contributed by atoms with van der Waals surface area (Å²) in [5, 5.41) is 28.2. The standard InChI is InChI=1S/C35H36N6O6/c1-4-5-6-7-8-11-18-46-34-32(44-2)20-24(21-33(34)45-3)40-36-26-16-14-23(19-28(26)38-40)35(43)47-25-15-17-27-29(22-25)39-41(37-27)30-12-9-10-13-31(30)42/h9-10,12-17,19-22,42H,4-8,11,18H2,1-3H3. The molecular formula is C35H36N6O6. The summed E-state index contributed by atoms with van der Waals surface area (Å²) >= 11 is 0. The number of aromatic nitrogens is 6. The quantitative estimate of drug-likeness (QED) is 0.0769. The Morgan fingerprint density at radius 2 is 1.36 bits per heavy atom. The van der Waals surface area contributed by atoms with Crippen molar-refractivity contribution in [2.45, 2.75) is 45.4 Å². The van der Waals surface area contributed by atoms with E-state index in [4.69, 9.17) is 18.9 Å². The first kappa shape index (κ1) is 31.3. The van der Waals surface area contributed by atoms with Gasteiger partial charge in [0, 0.05) is 18.2 Å². The highest BCUT2D eigenvalue weighted by Crippen LogP contribution is 2.39. The van der Waals surface area contributed by atoms with Crippen LogP contribution >= 0.6 is 0 Å². The van der Waals surface area contributed by atoms with Gasteiger partial charge in [-0.05, 0) is 48.9 Å². The highest BCUT2D eigenvalue weighted by atomic mass is 16.5. The van der Waals surface area contributed by atoms with Crippen LogP contribution in [0.3, 0.4) is 0 Å². The smallest absolute Gasteiger partial charge is 0.343 e. The number of ether oxygens (including phenoxy) is 4. The lowest BCUT2D eigenvalue weighted by Gasteiger charge is -2.15. The zero-order valence-electron chi connectivity index (χ0n) is 26.5. The van der Waals surface area contributed by atoms with Crippen molar-refractivity contribution in [3.8, 4) is 40.1 Å². The molecule has 0 aliphatic rings. The fraction of sp³-hybridized carbons (Fsp3) is 0.286. The summed E-state index contributed by atoms with van der Waals surface area (Å²) in [6.45, 7) is 2.77. The Hall–Kier alpha value is -5.65. The molecule has 242 valence electrons. The second-order valence-electron chi connectivity index (χ2n) is 11.0. The number of aromatic hydroxyl groups is 1. The topological polar surface area (TPSA) is 136 Å². The number of hydrogen-bond donors (Lipinski definition) is 1. The summed E-state index contributed by atoms with van der Waals surface area (Å²) in [7, 11) is 3.16. The van der Waals surface area contributed by atoms with Crippen molar-refractivity contribution >= 4 is 28.0 Å². The molecule has 47 heavy (non-hydrogen) atoms. The van der Waals surface area contributed by atoms with Crippen LogP contribution < -0.4 is 18.9 Å². The highest BCUT2D eigenvalue weighted by Gasteiger charge is 2.18. The molecule has 0 spiro atoms. The number of carbonyl (C=O) groups excluding carboxylic acids is 1. The van der Waals surface area contributed by atoms with Gasteiger partial charge in [0.1, 0.15) is 39.3 Å². The fourth-order valence-corrected chi connectivity index (χ4v) is 5.20. The van der Waals surface area contributed by atoms with E-state index in [2.05, 4.69) is 27.3 Å². The third-order valence-corrected chi connectivity index (χ3v) is 7.70. The first-order valence-electron chi connectivity index (χ1n) is 15.6. The molecule has 0 saturated carbocycles. The van der Waals surface area contributed by atoms with Crippen LogP contribution in [0.5, 0.6) is 28.7 Å². The zero-order valence-corrected chi connectivity index (χ0v) is 26.5. The SMILES string of the molecule is CCCCCCCCOc1c(OC)cc(-n2nc3ccc(C(=O)Oc4ccc5nn(-c6ccccc6O)nc5c4)cc3n2)cc1OC. The Morgan fingerprint density at radius 1 is 0.723 bits per heavy atom. The van der Waals surface area contributed by atoms with Gasteiger partial charge in [0.25, 0.3) is 0 Å². The molecule has 12 heteroatoms. The van der Waals surface area contributed by atoms with Crippen molar-refractivity contribution in [2.75, 3.05) is 20.8 Å². The van der Waals surface area contributed by atoms with Crippen LogP contribution in [0.25, 0.3) is 33.4 Å². The zero-order chi connectivity index (χ0) is 32.8. The van der Waals surface area contributed by atoms with E-state index in [-0.39, 0.29) is 5.75 Å². The largest absolute Gasteiger partial charge is 0.506 e. The number of methoxy groups -OCH3 is 2. The summed E-state index contributed by atoms with van der Waals surface area (Å²) < 4.78 is 23.0. The first-order valence-corrected chi connectivity index (χ1v) is 15.6. The van der Waals surface area contributed by atoms with Crippen LogP contribution in [0.4, 0.5) is 0 Å². The molecule has 0 bridgehead atoms. The minimum Gasteiger partial charge on any atom is -0.506 e. The van der Waals surface area contributed by atoms with Crippen LogP contribution in [0.1, 0.15) is 55.8 Å². The molecule has 1 N–H and O–H groups in total. The van der Waals surface area contributed by atoms with Crippen LogP contribution in [-0.2, 0) is 0 Å². The maximum Gasteiger partial charge on any atom is 0.343 e. The predicted octanol–water partition coefficient (Wildman–Crippen LogP) is 6.84. The second kappa shape index (κ2) is 14.2. The van der Waals surface area contributed by atoms with Crippen molar-refractivity contribution in [2.24, 2.45) is 0 Å². The van der Waals surface area contributed by atoms with Gasteiger partial charge in [0.15, 0.2) is 11.5 Å². The fourth-order valence-electron chi connectivity index (χ4n) is 5.20. The van der Waals surface area contributed by atoms with Gasteiger partial charge < -0.3 is 24.1 Å². The van der Waals surface area contributed by atoms with E-state index in [1.54, 1.807) is 87.0 Å². The number of phenolic OH excluding ortho intramolecular Hbond substituents is 1. The average Bonchev–Trinajstić information content (AvgIpc) is 3.71. The van der Waals surface area contributed by atoms with E-state index in [0.29, 0.717) is 68.6 Å². The maximum atomic E-state index is 13.1. The van der Waals surface area contributed by atoms with Crippen LogP contribution in [0.15, 0.2) is 72.8 Å². The number of fused-ring (bicyclic) bond motifs is 2. The lowest BCUT2D eigenvalue weighted by atomic mass is 10.1. The molecule has 0 aliphatic heterocycles. The van der Waals surface area contributed by atoms with Crippen LogP contribution in [0.2, 0.25) is 0 Å². The Kier molecular flexibility index (Phi) is 9.46. The Bertz CT molecular complexity index is 1990. The van der Waals surface area contributed by atoms with Crippen molar-refractivity contribution in [1.29, 1.82) is 0 Å². The summed E-state index contributed by atoms with van der Waals surface area (Å²) in [6, 6.07) is 20.3. The lowest BCUT2D eigenvalue weighted by Crippen LogP contribution is -2.08. The van der Waals surface area contributed by atoms with Gasteiger partial charge in [-0.1, -0.05) is 51.2 Å². The van der Waals surface area contributed by atoms with E-state index >= 15 is 0 Å². The summed E-state index contributed by atoms with van der Waals surface area (Å²) in [5.41, 5.74) is 3.52. The number of para-hydroxylation sites is 2. The van der Waals surface area contributed by atoms with Crippen molar-refractivity contribution in [3.05, 3.63) is 78.4 Å². The lowest BCUT2D eigenvalue weighted by molar-refractivity contribution is 0.0735. The van der Waals surface area contributed by atoms with Gasteiger partial charge >= 0.3 is 5.97 Å². The minimum atomic E-state index is -0.566. The molecule has 12 nitrogen and oxygen atoms in total. The molecule has 4 aromatic carbocycles. The van der Waals surface area contributed by atoms with Gasteiger partial charge in [0.05, 0.1) is 32.1 Å². The first-order chi connectivity index (χ1) is 23.0. The Labute approximate surface area is 271 Å². The van der Waals surface area contributed by atoms with Crippen molar-refractivity contribution in [1.82, 2.24) is 30.0 Å². The monoisotopic (exact) mass is 636 g/mol. The molecule has 0 fully saturated rings. The van der Waals surface area contributed by atoms with E-state index in [9.17, 15) is 9.90 Å². The molecular weight excluding hydrogens is 600 g/mol. The summed E-state index contributed by atoms with van der Waals surface area (Å²) in [6.07, 6.45) is 6.99. The Balaban J connectivity index is 1.17. The van der Waals surface area contributed by atoms with Gasteiger partial charge in [-0.3, -0.25) is 0 Å². The molecule has 6 aromatic rings. The summed E-state index contributed by atoms with van der Waals surface area (Å²) in [4.78, 5) is 15.9. The van der Waals surface area contributed by atoms with E-state index in [1.165, 1.54) is 35.3 Å². The minimum absolute atomic E-state index is 0.0508. The second-order valence-corrected chi connectivity index (χ2v) is 11.0. The molecule has 0 radical (unpaired) electrons.